The molecule has 5 nitrogen and oxygen atoms in total. The van der Waals surface area contributed by atoms with Crippen molar-refractivity contribution in [3.05, 3.63) is 46.7 Å². The summed E-state index contributed by atoms with van der Waals surface area (Å²) in [7, 11) is 1.70. The number of nitrogens with zero attached hydrogens (tertiary/aromatic N) is 1. The van der Waals surface area contributed by atoms with Crippen molar-refractivity contribution in [3.63, 3.8) is 0 Å². The van der Waals surface area contributed by atoms with E-state index in [0.29, 0.717) is 12.5 Å². The molecule has 0 unspecified atom stereocenters. The van der Waals surface area contributed by atoms with Gasteiger partial charge in [0.05, 0.1) is 44.2 Å². The molecule has 3 rings (SSSR count). The molecule has 6 heteroatoms. The van der Waals surface area contributed by atoms with Gasteiger partial charge in [0.1, 0.15) is 11.8 Å². The predicted molar refractivity (Wildman–Crippen MR) is 115 cm³/mol. The molecule has 2 aromatic rings. The highest BCUT2D eigenvalue weighted by atomic mass is 32.1. The normalized spacial score (nSPS) is 17.2. The van der Waals surface area contributed by atoms with Crippen LogP contribution in [0.1, 0.15) is 37.6 Å². The van der Waals surface area contributed by atoms with Gasteiger partial charge >= 0.3 is 0 Å². The molecule has 0 bridgehead atoms. The van der Waals surface area contributed by atoms with Crippen LogP contribution in [-0.4, -0.2) is 45.2 Å². The fraction of sp³-hybridized carbons (Fsp3) is 0.500. The molecule has 2 N–H and O–H groups in total. The monoisotopic (exact) mass is 402 g/mol. The van der Waals surface area contributed by atoms with E-state index in [2.05, 4.69) is 46.8 Å². The maximum absolute atomic E-state index is 12.2. The average Bonchev–Trinajstić information content (AvgIpc) is 3.23. The average molecular weight is 403 g/mol. The molecule has 1 aliphatic heterocycles. The first-order chi connectivity index (χ1) is 13.6. The van der Waals surface area contributed by atoms with Crippen LogP contribution in [-0.2, 0) is 4.79 Å². The van der Waals surface area contributed by atoms with Crippen molar-refractivity contribution in [3.8, 4) is 5.75 Å². The molecule has 1 aliphatic rings. The number of thiophene rings is 1. The standard InChI is InChI=1S/C22H31N3O2S/c1-4-6-21(26)23-17(2)22(20-7-5-16-28-20)25-14-12-24(13-15-25)18-8-10-19(27-3)11-9-18/h5,7-11,16-17,22H,4,6,12-15H2,1-3H3,(H,23,26)/p+1/t17-,22-/m1/s1. The van der Waals surface area contributed by atoms with Crippen molar-refractivity contribution in [2.45, 2.75) is 38.8 Å². The molecule has 1 fully saturated rings. The van der Waals surface area contributed by atoms with Crippen LogP contribution in [0.25, 0.3) is 0 Å². The van der Waals surface area contributed by atoms with Crippen LogP contribution in [0.5, 0.6) is 5.75 Å². The van der Waals surface area contributed by atoms with E-state index in [4.69, 9.17) is 4.74 Å². The molecule has 0 saturated carbocycles. The molecule has 1 amide bonds. The summed E-state index contributed by atoms with van der Waals surface area (Å²) in [5.74, 6) is 1.05. The zero-order valence-electron chi connectivity index (χ0n) is 17.1. The van der Waals surface area contributed by atoms with Crippen LogP contribution in [0.4, 0.5) is 5.69 Å². The first kappa shape index (κ1) is 20.7. The van der Waals surface area contributed by atoms with Gasteiger partial charge in [-0.2, -0.15) is 0 Å². The molecular weight excluding hydrogens is 370 g/mol. The van der Waals surface area contributed by atoms with Crippen molar-refractivity contribution < 1.29 is 14.4 Å². The van der Waals surface area contributed by atoms with Crippen LogP contribution in [0.15, 0.2) is 41.8 Å². The molecule has 2 heterocycles. The lowest BCUT2D eigenvalue weighted by molar-refractivity contribution is -0.933. The first-order valence-corrected chi connectivity index (χ1v) is 11.1. The highest BCUT2D eigenvalue weighted by molar-refractivity contribution is 7.10. The van der Waals surface area contributed by atoms with Crippen LogP contribution < -0.4 is 19.9 Å². The summed E-state index contributed by atoms with van der Waals surface area (Å²) < 4.78 is 5.27. The summed E-state index contributed by atoms with van der Waals surface area (Å²) in [6, 6.07) is 13.1. The minimum Gasteiger partial charge on any atom is -0.497 e. The van der Waals surface area contributed by atoms with Gasteiger partial charge < -0.3 is 19.9 Å². The maximum atomic E-state index is 12.2. The van der Waals surface area contributed by atoms with Gasteiger partial charge in [-0.1, -0.05) is 13.0 Å². The Labute approximate surface area is 172 Å². The smallest absolute Gasteiger partial charge is 0.220 e. The van der Waals surface area contributed by atoms with E-state index in [0.717, 1.165) is 38.3 Å². The lowest BCUT2D eigenvalue weighted by Crippen LogP contribution is -3.16. The Balaban J connectivity index is 1.66. The number of benzene rings is 1. The Bertz CT molecular complexity index is 725. The summed E-state index contributed by atoms with van der Waals surface area (Å²) in [4.78, 5) is 17.5. The molecule has 1 aromatic carbocycles. The van der Waals surface area contributed by atoms with Gasteiger partial charge in [-0.05, 0) is 49.1 Å². The second-order valence-electron chi connectivity index (χ2n) is 7.44. The first-order valence-electron chi connectivity index (χ1n) is 10.2. The minimum absolute atomic E-state index is 0.125. The third-order valence-corrected chi connectivity index (χ3v) is 6.45. The number of hydrogen-bond acceptors (Lipinski definition) is 4. The van der Waals surface area contributed by atoms with E-state index in [1.807, 2.05) is 19.1 Å². The Morgan fingerprint density at radius 2 is 1.96 bits per heavy atom. The van der Waals surface area contributed by atoms with Gasteiger partial charge in [0.2, 0.25) is 5.91 Å². The van der Waals surface area contributed by atoms with E-state index in [-0.39, 0.29) is 11.9 Å². The molecule has 1 aromatic heterocycles. The molecule has 0 radical (unpaired) electrons. The maximum Gasteiger partial charge on any atom is 0.220 e. The summed E-state index contributed by atoms with van der Waals surface area (Å²) in [6.07, 6.45) is 1.48. The molecular formula is C22H32N3O2S+. The Kier molecular flexibility index (Phi) is 7.34. The molecule has 1 saturated heterocycles. The van der Waals surface area contributed by atoms with E-state index in [9.17, 15) is 4.79 Å². The Morgan fingerprint density at radius 1 is 1.25 bits per heavy atom. The largest absolute Gasteiger partial charge is 0.497 e. The number of hydrogen-bond donors (Lipinski definition) is 2. The van der Waals surface area contributed by atoms with Crippen LogP contribution in [0.3, 0.4) is 0 Å². The van der Waals surface area contributed by atoms with E-state index in [1.165, 1.54) is 10.6 Å². The number of carbonyl (C=O) groups is 1. The number of quaternary nitrogens is 1. The highest BCUT2D eigenvalue weighted by Gasteiger charge is 2.34. The van der Waals surface area contributed by atoms with Crippen molar-refractivity contribution in [1.29, 1.82) is 0 Å². The number of nitrogens with one attached hydrogen (secondary N) is 2. The van der Waals surface area contributed by atoms with Gasteiger partial charge in [-0.25, -0.2) is 0 Å². The number of anilines is 1. The molecule has 28 heavy (non-hydrogen) atoms. The number of ether oxygens (including phenoxy) is 1. The van der Waals surface area contributed by atoms with Crippen molar-refractivity contribution in [2.75, 3.05) is 38.2 Å². The van der Waals surface area contributed by atoms with Gasteiger partial charge in [0, 0.05) is 12.1 Å². The zero-order chi connectivity index (χ0) is 19.9. The van der Waals surface area contributed by atoms with Crippen molar-refractivity contribution >= 4 is 22.9 Å². The van der Waals surface area contributed by atoms with Gasteiger partial charge in [0.25, 0.3) is 0 Å². The lowest BCUT2D eigenvalue weighted by atomic mass is 10.0. The van der Waals surface area contributed by atoms with Crippen LogP contribution >= 0.6 is 11.3 Å². The fourth-order valence-electron chi connectivity index (χ4n) is 4.06. The predicted octanol–water partition coefficient (Wildman–Crippen LogP) is 2.51. The third kappa shape index (κ3) is 5.06. The minimum atomic E-state index is 0.125. The SMILES string of the molecule is CCCC(=O)N[C@H](C)[C@H](c1cccs1)[NH+]1CCN(c2ccc(OC)cc2)CC1. The molecule has 152 valence electrons. The lowest BCUT2D eigenvalue weighted by Gasteiger charge is -2.39. The summed E-state index contributed by atoms with van der Waals surface area (Å²) in [5.41, 5.74) is 1.25. The zero-order valence-corrected chi connectivity index (χ0v) is 17.9. The number of carbonyl (C=O) groups excluding carboxylic acids is 1. The number of amides is 1. The highest BCUT2D eigenvalue weighted by Crippen LogP contribution is 2.22. The Morgan fingerprint density at radius 3 is 2.54 bits per heavy atom. The number of piperazine rings is 1. The third-order valence-electron chi connectivity index (χ3n) is 5.50. The second kappa shape index (κ2) is 9.94. The number of rotatable bonds is 8. The van der Waals surface area contributed by atoms with Crippen molar-refractivity contribution in [2.24, 2.45) is 0 Å². The van der Waals surface area contributed by atoms with Crippen molar-refractivity contribution in [1.82, 2.24) is 5.32 Å². The number of methoxy groups -OCH3 is 1. The molecule has 2 atom stereocenters. The summed E-state index contributed by atoms with van der Waals surface area (Å²) in [6.45, 7) is 8.34. The van der Waals surface area contributed by atoms with E-state index in [1.54, 1.807) is 23.3 Å². The van der Waals surface area contributed by atoms with Crippen LogP contribution in [0.2, 0.25) is 0 Å². The quantitative estimate of drug-likeness (QED) is 0.713. The summed E-state index contributed by atoms with van der Waals surface area (Å²) in [5, 5.41) is 5.38. The Hall–Kier alpha value is -2.05. The van der Waals surface area contributed by atoms with E-state index < -0.39 is 0 Å². The van der Waals surface area contributed by atoms with Gasteiger partial charge in [0.15, 0.2) is 0 Å². The van der Waals surface area contributed by atoms with Gasteiger partial charge in [-0.3, -0.25) is 4.79 Å². The van der Waals surface area contributed by atoms with E-state index >= 15 is 0 Å². The molecule has 0 spiro atoms. The molecule has 0 aliphatic carbocycles. The van der Waals surface area contributed by atoms with Gasteiger partial charge in [-0.15, -0.1) is 11.3 Å². The summed E-state index contributed by atoms with van der Waals surface area (Å²) >= 11 is 1.80. The topological polar surface area (TPSA) is 46.0 Å². The second-order valence-corrected chi connectivity index (χ2v) is 8.42. The van der Waals surface area contributed by atoms with Crippen LogP contribution in [0, 0.1) is 0 Å². The fourth-order valence-corrected chi connectivity index (χ4v) is 5.05.